The van der Waals surface area contributed by atoms with Crippen LogP contribution in [0.1, 0.15) is 26.2 Å². The zero-order valence-corrected chi connectivity index (χ0v) is 16.0. The summed E-state index contributed by atoms with van der Waals surface area (Å²) in [6.07, 6.45) is 8.29. The largest absolute Gasteiger partial charge is 0.478 e. The van der Waals surface area contributed by atoms with E-state index in [9.17, 15) is 0 Å². The molecule has 3 rings (SSSR count). The van der Waals surface area contributed by atoms with E-state index in [0.29, 0.717) is 37.3 Å². The Hall–Kier alpha value is -3.29. The number of nitrogens with one attached hydrogen (secondary N) is 2. The summed E-state index contributed by atoms with van der Waals surface area (Å²) in [5, 5.41) is 6.42. The number of aromatic nitrogens is 5. The molecule has 2 N–H and O–H groups in total. The summed E-state index contributed by atoms with van der Waals surface area (Å²) in [6.45, 7) is 4.18. The molecule has 3 heterocycles. The quantitative estimate of drug-likeness (QED) is 0.489. The Balaban J connectivity index is 1.54. The minimum Gasteiger partial charge on any atom is -0.478 e. The van der Waals surface area contributed by atoms with Gasteiger partial charge in [0.25, 0.3) is 0 Å². The predicted molar refractivity (Wildman–Crippen MR) is 109 cm³/mol. The highest BCUT2D eigenvalue weighted by Crippen LogP contribution is 2.19. The van der Waals surface area contributed by atoms with Gasteiger partial charge in [-0.15, -0.1) is 0 Å². The smallest absolute Gasteiger partial charge is 0.226 e. The molecule has 0 aromatic carbocycles. The van der Waals surface area contributed by atoms with E-state index in [0.717, 1.165) is 30.6 Å². The lowest BCUT2D eigenvalue weighted by molar-refractivity contribution is 0.295. The number of hydrogen-bond acceptors (Lipinski definition) is 8. The first-order valence-electron chi connectivity index (χ1n) is 9.52. The molecular weight excluding hydrogens is 354 g/mol. The van der Waals surface area contributed by atoms with E-state index in [1.807, 2.05) is 30.3 Å². The van der Waals surface area contributed by atoms with Crippen LogP contribution in [-0.2, 0) is 0 Å². The van der Waals surface area contributed by atoms with Gasteiger partial charge in [0.2, 0.25) is 11.8 Å². The van der Waals surface area contributed by atoms with Crippen LogP contribution in [0.25, 0.3) is 11.4 Å². The van der Waals surface area contributed by atoms with Crippen LogP contribution in [0.3, 0.4) is 0 Å². The number of pyridine rings is 2. The lowest BCUT2D eigenvalue weighted by Gasteiger charge is -2.08. The summed E-state index contributed by atoms with van der Waals surface area (Å²) in [4.78, 5) is 21.4. The van der Waals surface area contributed by atoms with Crippen LogP contribution >= 0.6 is 0 Å². The first-order valence-corrected chi connectivity index (χ1v) is 9.52. The molecule has 0 radical (unpaired) electrons. The average molecular weight is 379 g/mol. The highest BCUT2D eigenvalue weighted by molar-refractivity contribution is 5.56. The summed E-state index contributed by atoms with van der Waals surface area (Å²) >= 11 is 0. The van der Waals surface area contributed by atoms with E-state index in [1.54, 1.807) is 12.4 Å². The monoisotopic (exact) mass is 379 g/mol. The van der Waals surface area contributed by atoms with Crippen molar-refractivity contribution in [3.8, 4) is 17.3 Å². The molecule has 0 aliphatic heterocycles. The van der Waals surface area contributed by atoms with Crippen molar-refractivity contribution in [3.63, 3.8) is 0 Å². The zero-order valence-electron chi connectivity index (χ0n) is 16.0. The maximum atomic E-state index is 5.71. The van der Waals surface area contributed by atoms with Gasteiger partial charge in [-0.2, -0.15) is 4.98 Å². The second kappa shape index (κ2) is 10.8. The maximum absolute atomic E-state index is 5.71. The van der Waals surface area contributed by atoms with Crippen LogP contribution in [0, 0.1) is 0 Å². The molecule has 0 unspecified atom stereocenters. The lowest BCUT2D eigenvalue weighted by Crippen LogP contribution is -2.16. The number of rotatable bonds is 11. The average Bonchev–Trinajstić information content (AvgIpc) is 2.76. The Morgan fingerprint density at radius 1 is 0.929 bits per heavy atom. The molecule has 0 atom stereocenters. The highest BCUT2D eigenvalue weighted by atomic mass is 16.5. The fraction of sp³-hybridized carbons (Fsp3) is 0.350. The molecule has 0 amide bonds. The molecule has 3 aromatic rings. The Bertz CT molecular complexity index is 845. The van der Waals surface area contributed by atoms with E-state index >= 15 is 0 Å². The number of hydrogen-bond donors (Lipinski definition) is 2. The Morgan fingerprint density at radius 3 is 2.71 bits per heavy atom. The maximum Gasteiger partial charge on any atom is 0.226 e. The van der Waals surface area contributed by atoms with E-state index in [-0.39, 0.29) is 0 Å². The Kier molecular flexibility index (Phi) is 7.48. The fourth-order valence-electron chi connectivity index (χ4n) is 2.51. The number of ether oxygens (including phenoxy) is 1. The first kappa shape index (κ1) is 19.5. The molecule has 0 bridgehead atoms. The van der Waals surface area contributed by atoms with Gasteiger partial charge in [0.05, 0.1) is 6.61 Å². The lowest BCUT2D eigenvalue weighted by atomic mass is 10.2. The van der Waals surface area contributed by atoms with E-state index < -0.39 is 0 Å². The predicted octanol–water partition coefficient (Wildman–Crippen LogP) is 3.42. The van der Waals surface area contributed by atoms with Gasteiger partial charge in [-0.1, -0.05) is 25.8 Å². The molecule has 0 aliphatic rings. The third-order valence-electron chi connectivity index (χ3n) is 3.94. The van der Waals surface area contributed by atoms with Gasteiger partial charge in [0.15, 0.2) is 5.82 Å². The Morgan fingerprint density at radius 2 is 1.86 bits per heavy atom. The molecule has 28 heavy (non-hydrogen) atoms. The fourth-order valence-corrected chi connectivity index (χ4v) is 2.51. The molecule has 8 nitrogen and oxygen atoms in total. The van der Waals surface area contributed by atoms with Crippen LogP contribution in [-0.4, -0.2) is 44.6 Å². The zero-order chi connectivity index (χ0) is 19.4. The normalized spacial score (nSPS) is 10.5. The first-order chi connectivity index (χ1) is 13.8. The second-order valence-electron chi connectivity index (χ2n) is 6.14. The van der Waals surface area contributed by atoms with Crippen molar-refractivity contribution in [1.82, 2.24) is 24.9 Å². The molecule has 0 aliphatic carbocycles. The van der Waals surface area contributed by atoms with Crippen LogP contribution in [0.15, 0.2) is 49.1 Å². The third kappa shape index (κ3) is 6.15. The molecule has 0 spiro atoms. The van der Waals surface area contributed by atoms with Crippen LogP contribution in [0.4, 0.5) is 11.8 Å². The number of anilines is 2. The summed E-state index contributed by atoms with van der Waals surface area (Å²) < 4.78 is 5.71. The molecular formula is C20H25N7O. The molecule has 0 saturated carbocycles. The number of unbranched alkanes of at least 4 members (excludes halogenated alkanes) is 2. The SMILES string of the molecule is CCCCCOc1cc(-c2ncnc(NCCNc3ccccn3)n2)ccn1. The summed E-state index contributed by atoms with van der Waals surface area (Å²) in [5.74, 6) is 2.53. The van der Waals surface area contributed by atoms with Crippen molar-refractivity contribution in [2.24, 2.45) is 0 Å². The minimum atomic E-state index is 0.523. The van der Waals surface area contributed by atoms with Crippen molar-refractivity contribution < 1.29 is 4.74 Å². The Labute approximate surface area is 164 Å². The van der Waals surface area contributed by atoms with Gasteiger partial charge in [-0.3, -0.25) is 0 Å². The van der Waals surface area contributed by atoms with Gasteiger partial charge in [-0.25, -0.2) is 19.9 Å². The van der Waals surface area contributed by atoms with Gasteiger partial charge in [-0.05, 0) is 24.6 Å². The number of nitrogens with zero attached hydrogens (tertiary/aromatic N) is 5. The van der Waals surface area contributed by atoms with Crippen molar-refractivity contribution in [1.29, 1.82) is 0 Å². The van der Waals surface area contributed by atoms with Gasteiger partial charge in [0, 0.05) is 37.1 Å². The highest BCUT2D eigenvalue weighted by Gasteiger charge is 2.06. The van der Waals surface area contributed by atoms with Crippen LogP contribution in [0.5, 0.6) is 5.88 Å². The van der Waals surface area contributed by atoms with Gasteiger partial charge < -0.3 is 15.4 Å². The van der Waals surface area contributed by atoms with Gasteiger partial charge in [0.1, 0.15) is 12.1 Å². The van der Waals surface area contributed by atoms with Crippen molar-refractivity contribution >= 4 is 11.8 Å². The van der Waals surface area contributed by atoms with Crippen molar-refractivity contribution in [2.75, 3.05) is 30.3 Å². The minimum absolute atomic E-state index is 0.523. The molecule has 146 valence electrons. The molecule has 0 fully saturated rings. The van der Waals surface area contributed by atoms with Crippen molar-refractivity contribution in [3.05, 3.63) is 49.1 Å². The second-order valence-corrected chi connectivity index (χ2v) is 6.14. The molecule has 0 saturated heterocycles. The summed E-state index contributed by atoms with van der Waals surface area (Å²) in [5.41, 5.74) is 0.845. The summed E-state index contributed by atoms with van der Waals surface area (Å²) in [6, 6.07) is 9.47. The van der Waals surface area contributed by atoms with E-state index in [4.69, 9.17) is 4.74 Å². The third-order valence-corrected chi connectivity index (χ3v) is 3.94. The topological polar surface area (TPSA) is 97.7 Å². The van der Waals surface area contributed by atoms with E-state index in [2.05, 4.69) is 42.5 Å². The molecule has 3 aromatic heterocycles. The van der Waals surface area contributed by atoms with Crippen molar-refractivity contribution in [2.45, 2.75) is 26.2 Å². The standard InChI is InChI=1S/C20H25N7O/c1-2-3-6-13-28-18-14-16(8-10-23-18)19-25-15-26-20(27-19)24-12-11-22-17-7-4-5-9-21-17/h4-5,7-10,14-15H,2-3,6,11-13H2,1H3,(H,21,22)(H,24,25,26,27). The molecule has 8 heteroatoms. The van der Waals surface area contributed by atoms with Crippen LogP contribution < -0.4 is 15.4 Å². The van der Waals surface area contributed by atoms with Crippen LogP contribution in [0.2, 0.25) is 0 Å². The van der Waals surface area contributed by atoms with Gasteiger partial charge >= 0.3 is 0 Å². The summed E-state index contributed by atoms with van der Waals surface area (Å²) in [7, 11) is 0. The van der Waals surface area contributed by atoms with E-state index in [1.165, 1.54) is 6.33 Å².